The van der Waals surface area contributed by atoms with E-state index in [1.165, 1.54) is 0 Å². The Labute approximate surface area is 65.9 Å². The Kier molecular flexibility index (Phi) is 1.57. The van der Waals surface area contributed by atoms with Gasteiger partial charge < -0.3 is 5.11 Å². The Hall–Kier alpha value is -0.630. The van der Waals surface area contributed by atoms with Crippen molar-refractivity contribution in [2.24, 2.45) is 17.8 Å². The van der Waals surface area contributed by atoms with Crippen LogP contribution in [0.1, 0.15) is 12.8 Å². The Morgan fingerprint density at radius 1 is 1.45 bits per heavy atom. The van der Waals surface area contributed by atoms with Gasteiger partial charge in [-0.2, -0.15) is 0 Å². The fourth-order valence-electron chi connectivity index (χ4n) is 2.27. The number of hydrogen-bond donors (Lipinski definition) is 1. The van der Waals surface area contributed by atoms with E-state index in [0.29, 0.717) is 11.8 Å². The normalized spacial score (nSPS) is 39.9. The SMILES string of the molecule is O=C(CO)[C@H]1C[C@@H]2C=C[C@@H]1C2. The van der Waals surface area contributed by atoms with E-state index in [1.54, 1.807) is 0 Å². The third kappa shape index (κ3) is 1.02. The topological polar surface area (TPSA) is 37.3 Å². The van der Waals surface area contributed by atoms with Gasteiger partial charge in [-0.1, -0.05) is 12.2 Å². The average molecular weight is 152 g/mol. The van der Waals surface area contributed by atoms with Gasteiger partial charge in [0.05, 0.1) is 0 Å². The summed E-state index contributed by atoms with van der Waals surface area (Å²) in [6.07, 6.45) is 6.44. The van der Waals surface area contributed by atoms with Crippen LogP contribution in [0.25, 0.3) is 0 Å². The van der Waals surface area contributed by atoms with Crippen molar-refractivity contribution in [3.8, 4) is 0 Å². The number of rotatable bonds is 2. The van der Waals surface area contributed by atoms with E-state index in [4.69, 9.17) is 5.11 Å². The monoisotopic (exact) mass is 152 g/mol. The standard InChI is InChI=1S/C9H12O2/c10-5-9(11)8-4-6-1-2-7(8)3-6/h1-2,6-8,10H,3-5H2/t6-,7-,8+/m1/s1. The van der Waals surface area contributed by atoms with Crippen molar-refractivity contribution in [2.75, 3.05) is 6.61 Å². The van der Waals surface area contributed by atoms with Crippen LogP contribution in [-0.2, 0) is 4.79 Å². The molecule has 3 atom stereocenters. The molecule has 2 bridgehead atoms. The van der Waals surface area contributed by atoms with Crippen molar-refractivity contribution in [3.63, 3.8) is 0 Å². The summed E-state index contributed by atoms with van der Waals surface area (Å²) in [5.41, 5.74) is 0. The number of aliphatic hydroxyl groups excluding tert-OH is 1. The van der Waals surface area contributed by atoms with Gasteiger partial charge in [-0.05, 0) is 24.7 Å². The molecule has 0 aliphatic heterocycles. The predicted octanol–water partition coefficient (Wildman–Crippen LogP) is 0.760. The molecule has 11 heavy (non-hydrogen) atoms. The van der Waals surface area contributed by atoms with Gasteiger partial charge in [-0.25, -0.2) is 0 Å². The van der Waals surface area contributed by atoms with E-state index >= 15 is 0 Å². The number of aliphatic hydroxyl groups is 1. The number of hydrogen-bond acceptors (Lipinski definition) is 2. The molecule has 60 valence electrons. The van der Waals surface area contributed by atoms with Gasteiger partial charge in [-0.15, -0.1) is 0 Å². The molecule has 0 aromatic carbocycles. The van der Waals surface area contributed by atoms with Crippen LogP contribution in [0, 0.1) is 17.8 Å². The Morgan fingerprint density at radius 3 is 2.73 bits per heavy atom. The summed E-state index contributed by atoms with van der Waals surface area (Å²) in [5, 5.41) is 8.65. The molecule has 0 spiro atoms. The zero-order chi connectivity index (χ0) is 7.84. The lowest BCUT2D eigenvalue weighted by atomic mass is 9.90. The first-order chi connectivity index (χ1) is 5.31. The van der Waals surface area contributed by atoms with Crippen molar-refractivity contribution < 1.29 is 9.90 Å². The van der Waals surface area contributed by atoms with E-state index in [2.05, 4.69) is 12.2 Å². The largest absolute Gasteiger partial charge is 0.389 e. The highest BCUT2D eigenvalue weighted by Crippen LogP contribution is 2.43. The van der Waals surface area contributed by atoms with E-state index in [9.17, 15) is 4.79 Å². The molecular weight excluding hydrogens is 140 g/mol. The summed E-state index contributed by atoms with van der Waals surface area (Å²) in [7, 11) is 0. The van der Waals surface area contributed by atoms with Crippen LogP contribution in [0.3, 0.4) is 0 Å². The van der Waals surface area contributed by atoms with Crippen molar-refractivity contribution in [1.29, 1.82) is 0 Å². The van der Waals surface area contributed by atoms with Gasteiger partial charge in [0.2, 0.25) is 0 Å². The molecule has 1 N–H and O–H groups in total. The van der Waals surface area contributed by atoms with Crippen LogP contribution in [0.2, 0.25) is 0 Å². The summed E-state index contributed by atoms with van der Waals surface area (Å²) in [6.45, 7) is -0.276. The van der Waals surface area contributed by atoms with Crippen LogP contribution >= 0.6 is 0 Å². The molecular formula is C9H12O2. The van der Waals surface area contributed by atoms with Crippen molar-refractivity contribution in [1.82, 2.24) is 0 Å². The Bertz CT molecular complexity index is 208. The molecule has 2 rings (SSSR count). The summed E-state index contributed by atoms with van der Waals surface area (Å²) in [4.78, 5) is 11.1. The molecule has 0 saturated heterocycles. The summed E-state index contributed by atoms with van der Waals surface area (Å²) >= 11 is 0. The lowest BCUT2D eigenvalue weighted by Gasteiger charge is -2.14. The van der Waals surface area contributed by atoms with Gasteiger partial charge >= 0.3 is 0 Å². The minimum atomic E-state index is -0.276. The molecule has 1 saturated carbocycles. The van der Waals surface area contributed by atoms with E-state index in [1.807, 2.05) is 0 Å². The smallest absolute Gasteiger partial charge is 0.161 e. The second-order valence-corrected chi connectivity index (χ2v) is 3.51. The number of allylic oxidation sites excluding steroid dienone is 2. The quantitative estimate of drug-likeness (QED) is 0.593. The fraction of sp³-hybridized carbons (Fsp3) is 0.667. The first-order valence-electron chi connectivity index (χ1n) is 4.13. The highest BCUT2D eigenvalue weighted by molar-refractivity contribution is 5.83. The molecule has 2 nitrogen and oxygen atoms in total. The highest BCUT2D eigenvalue weighted by Gasteiger charge is 2.38. The van der Waals surface area contributed by atoms with Crippen LogP contribution in [0.5, 0.6) is 0 Å². The molecule has 2 aliphatic carbocycles. The third-order valence-corrected chi connectivity index (χ3v) is 2.85. The van der Waals surface area contributed by atoms with E-state index in [0.717, 1.165) is 12.8 Å². The number of Topliss-reactive ketones (excluding diaryl/α,β-unsaturated/α-hetero) is 1. The molecule has 0 radical (unpaired) electrons. The average Bonchev–Trinajstić information content (AvgIpc) is 2.62. The van der Waals surface area contributed by atoms with Crippen LogP contribution in [0.15, 0.2) is 12.2 Å². The zero-order valence-corrected chi connectivity index (χ0v) is 6.36. The number of ketones is 1. The molecule has 0 aromatic rings. The van der Waals surface area contributed by atoms with Gasteiger partial charge in [-0.3, -0.25) is 4.79 Å². The summed E-state index contributed by atoms with van der Waals surface area (Å²) in [6, 6.07) is 0. The van der Waals surface area contributed by atoms with Crippen molar-refractivity contribution in [3.05, 3.63) is 12.2 Å². The maximum atomic E-state index is 11.1. The summed E-state index contributed by atoms with van der Waals surface area (Å²) in [5.74, 6) is 1.23. The number of carbonyl (C=O) groups excluding carboxylic acids is 1. The fourth-order valence-corrected chi connectivity index (χ4v) is 2.27. The zero-order valence-electron chi connectivity index (χ0n) is 6.36. The minimum absolute atomic E-state index is 0.0295. The molecule has 0 heterocycles. The highest BCUT2D eigenvalue weighted by atomic mass is 16.3. The molecule has 0 aromatic heterocycles. The Morgan fingerprint density at radius 2 is 2.27 bits per heavy atom. The van der Waals surface area contributed by atoms with Crippen LogP contribution in [-0.4, -0.2) is 17.5 Å². The van der Waals surface area contributed by atoms with E-state index < -0.39 is 0 Å². The molecule has 0 amide bonds. The Balaban J connectivity index is 2.08. The first-order valence-corrected chi connectivity index (χ1v) is 4.13. The minimum Gasteiger partial charge on any atom is -0.389 e. The molecule has 0 unspecified atom stereocenters. The van der Waals surface area contributed by atoms with Crippen molar-refractivity contribution >= 4 is 5.78 Å². The third-order valence-electron chi connectivity index (χ3n) is 2.85. The van der Waals surface area contributed by atoms with Crippen LogP contribution < -0.4 is 0 Å². The van der Waals surface area contributed by atoms with Gasteiger partial charge in [0.15, 0.2) is 5.78 Å². The van der Waals surface area contributed by atoms with Gasteiger partial charge in [0, 0.05) is 5.92 Å². The predicted molar refractivity (Wildman–Crippen MR) is 40.9 cm³/mol. The lowest BCUT2D eigenvalue weighted by molar-refractivity contribution is -0.126. The number of carbonyl (C=O) groups is 1. The lowest BCUT2D eigenvalue weighted by Crippen LogP contribution is -2.21. The van der Waals surface area contributed by atoms with Gasteiger partial charge in [0.25, 0.3) is 0 Å². The molecule has 2 aliphatic rings. The molecule has 1 fully saturated rings. The number of fused-ring (bicyclic) bond motifs is 2. The maximum Gasteiger partial charge on any atom is 0.161 e. The second-order valence-electron chi connectivity index (χ2n) is 3.51. The molecule has 2 heteroatoms. The second kappa shape index (κ2) is 2.45. The van der Waals surface area contributed by atoms with E-state index in [-0.39, 0.29) is 18.3 Å². The van der Waals surface area contributed by atoms with Crippen LogP contribution in [0.4, 0.5) is 0 Å². The maximum absolute atomic E-state index is 11.1. The summed E-state index contributed by atoms with van der Waals surface area (Å²) < 4.78 is 0. The first kappa shape index (κ1) is 7.04. The van der Waals surface area contributed by atoms with Gasteiger partial charge in [0.1, 0.15) is 6.61 Å². The van der Waals surface area contributed by atoms with Crippen molar-refractivity contribution in [2.45, 2.75) is 12.8 Å².